The highest BCUT2D eigenvalue weighted by molar-refractivity contribution is 8.26. The molecule has 1 amide bonds. The molecule has 1 aromatic rings. The van der Waals surface area contributed by atoms with E-state index in [0.717, 1.165) is 16.7 Å². The largest absolute Gasteiger partial charge is 0.481 e. The van der Waals surface area contributed by atoms with Crippen molar-refractivity contribution in [3.05, 3.63) is 57.0 Å². The van der Waals surface area contributed by atoms with E-state index in [9.17, 15) is 29.6 Å². The number of carboxylic acids is 2. The average molecular weight is 408 g/mol. The molecule has 9 nitrogen and oxygen atoms in total. The smallest absolute Gasteiger partial charge is 0.327 e. The number of aliphatic carboxylic acids is 2. The molecule has 1 aliphatic heterocycles. The molecular weight excluding hydrogens is 396 g/mol. The first-order chi connectivity index (χ1) is 12.7. The second kappa shape index (κ2) is 8.56. The van der Waals surface area contributed by atoms with Crippen LogP contribution in [0, 0.1) is 10.1 Å². The lowest BCUT2D eigenvalue weighted by Gasteiger charge is -2.21. The molecule has 1 heterocycles. The van der Waals surface area contributed by atoms with E-state index in [1.807, 2.05) is 0 Å². The number of carbonyl (C=O) groups excluding carboxylic acids is 1. The van der Waals surface area contributed by atoms with Crippen LogP contribution in [0.5, 0.6) is 0 Å². The fourth-order valence-electron chi connectivity index (χ4n) is 2.17. The number of hydrogen-bond acceptors (Lipinski definition) is 7. The van der Waals surface area contributed by atoms with Gasteiger partial charge in [0, 0.05) is 12.1 Å². The average Bonchev–Trinajstić information content (AvgIpc) is 2.87. The van der Waals surface area contributed by atoms with Gasteiger partial charge < -0.3 is 10.2 Å². The van der Waals surface area contributed by atoms with Crippen LogP contribution < -0.4 is 0 Å². The van der Waals surface area contributed by atoms with Crippen LogP contribution in [0.1, 0.15) is 12.0 Å². The van der Waals surface area contributed by atoms with Gasteiger partial charge in [-0.3, -0.25) is 24.6 Å². The SMILES string of the molecule is O=C(O)C[C@H](C(=O)O)N1C(=O)/C(=C/C=C/c2ccc([N+](=O)[O-])cc2)SC1=S. The Morgan fingerprint density at radius 1 is 1.30 bits per heavy atom. The summed E-state index contributed by atoms with van der Waals surface area (Å²) in [6.07, 6.45) is 3.76. The van der Waals surface area contributed by atoms with Crippen molar-refractivity contribution in [2.75, 3.05) is 0 Å². The molecule has 0 aliphatic carbocycles. The number of allylic oxidation sites excluding steroid dienone is 2. The number of nitrogens with zero attached hydrogens (tertiary/aromatic N) is 2. The van der Waals surface area contributed by atoms with Crippen molar-refractivity contribution < 1.29 is 29.5 Å². The van der Waals surface area contributed by atoms with Crippen LogP contribution in [0.2, 0.25) is 0 Å². The number of non-ortho nitro benzene ring substituents is 1. The van der Waals surface area contributed by atoms with E-state index in [4.69, 9.17) is 17.3 Å². The summed E-state index contributed by atoms with van der Waals surface area (Å²) in [4.78, 5) is 45.5. The van der Waals surface area contributed by atoms with Crippen LogP contribution in [0.25, 0.3) is 6.08 Å². The van der Waals surface area contributed by atoms with Crippen molar-refractivity contribution in [1.82, 2.24) is 4.90 Å². The molecule has 140 valence electrons. The second-order valence-corrected chi connectivity index (χ2v) is 6.91. The highest BCUT2D eigenvalue weighted by atomic mass is 32.2. The number of benzene rings is 1. The van der Waals surface area contributed by atoms with E-state index in [1.165, 1.54) is 36.4 Å². The zero-order valence-corrected chi connectivity index (χ0v) is 15.1. The number of thiocarbonyl (C=S) groups is 1. The maximum atomic E-state index is 12.4. The summed E-state index contributed by atoms with van der Waals surface area (Å²) in [6.45, 7) is 0. The van der Waals surface area contributed by atoms with E-state index in [2.05, 4.69) is 0 Å². The zero-order chi connectivity index (χ0) is 20.1. The van der Waals surface area contributed by atoms with Crippen molar-refractivity contribution in [2.45, 2.75) is 12.5 Å². The van der Waals surface area contributed by atoms with Gasteiger partial charge in [-0.2, -0.15) is 0 Å². The molecule has 0 unspecified atom stereocenters. The molecule has 2 N–H and O–H groups in total. The Kier molecular flexibility index (Phi) is 6.42. The molecule has 0 bridgehead atoms. The standard InChI is InChI=1S/C16H12N2O7S2/c19-13(20)8-11(15(22)23)17-14(21)12(27-16(17)26)3-1-2-9-4-6-10(7-5-9)18(24)25/h1-7,11H,8H2,(H,19,20)(H,22,23)/b2-1+,12-3-/t11-/m1/s1. The Hall–Kier alpha value is -3.05. The molecule has 0 aromatic heterocycles. The van der Waals surface area contributed by atoms with E-state index in [-0.39, 0.29) is 14.9 Å². The summed E-state index contributed by atoms with van der Waals surface area (Å²) in [7, 11) is 0. The third-order valence-electron chi connectivity index (χ3n) is 3.43. The third kappa shape index (κ3) is 4.99. The lowest BCUT2D eigenvalue weighted by atomic mass is 10.1. The van der Waals surface area contributed by atoms with Crippen molar-refractivity contribution in [3.63, 3.8) is 0 Å². The Balaban J connectivity index is 2.16. The van der Waals surface area contributed by atoms with Crippen LogP contribution >= 0.6 is 24.0 Å². The Morgan fingerprint density at radius 3 is 2.44 bits per heavy atom. The Bertz CT molecular complexity index is 877. The molecule has 1 saturated heterocycles. The number of amides is 1. The summed E-state index contributed by atoms with van der Waals surface area (Å²) in [5.41, 5.74) is 0.604. The fourth-order valence-corrected chi connectivity index (χ4v) is 3.48. The van der Waals surface area contributed by atoms with Crippen LogP contribution in [0.4, 0.5) is 5.69 Å². The fraction of sp³-hybridized carbons (Fsp3) is 0.125. The van der Waals surface area contributed by atoms with E-state index < -0.39 is 35.2 Å². The minimum Gasteiger partial charge on any atom is -0.481 e. The van der Waals surface area contributed by atoms with Crippen molar-refractivity contribution in [3.8, 4) is 0 Å². The van der Waals surface area contributed by atoms with Gasteiger partial charge in [-0.25, -0.2) is 4.79 Å². The number of rotatable bonds is 7. The molecular formula is C16H12N2O7S2. The van der Waals surface area contributed by atoms with Gasteiger partial charge in [-0.15, -0.1) is 0 Å². The number of thioether (sulfide) groups is 1. The first kappa shape index (κ1) is 20.3. The minimum atomic E-state index is -1.58. The minimum absolute atomic E-state index is 0.0383. The third-order valence-corrected chi connectivity index (χ3v) is 4.78. The number of nitro groups is 1. The van der Waals surface area contributed by atoms with Gasteiger partial charge >= 0.3 is 11.9 Å². The zero-order valence-electron chi connectivity index (χ0n) is 13.5. The first-order valence-electron chi connectivity index (χ1n) is 7.33. The highest BCUT2D eigenvalue weighted by Crippen LogP contribution is 2.33. The van der Waals surface area contributed by atoms with Gasteiger partial charge in [0.1, 0.15) is 10.4 Å². The quantitative estimate of drug-likeness (QED) is 0.301. The van der Waals surface area contributed by atoms with Gasteiger partial charge in [0.2, 0.25) is 0 Å². The molecule has 1 fully saturated rings. The predicted octanol–water partition coefficient (Wildman–Crippen LogP) is 2.28. The van der Waals surface area contributed by atoms with Gasteiger partial charge in [0.05, 0.1) is 16.2 Å². The van der Waals surface area contributed by atoms with Crippen LogP contribution in [-0.4, -0.2) is 48.2 Å². The molecule has 1 atom stereocenters. The topological polar surface area (TPSA) is 138 Å². The van der Waals surface area contributed by atoms with Crippen LogP contribution in [0.15, 0.2) is 41.3 Å². The molecule has 0 spiro atoms. The summed E-state index contributed by atoms with van der Waals surface area (Å²) in [6, 6.07) is 4.15. The molecule has 1 aromatic carbocycles. The van der Waals surface area contributed by atoms with Gasteiger partial charge in [-0.1, -0.05) is 36.1 Å². The molecule has 0 saturated carbocycles. The van der Waals surface area contributed by atoms with Crippen molar-refractivity contribution in [1.29, 1.82) is 0 Å². The molecule has 11 heteroatoms. The molecule has 1 aliphatic rings. The number of nitro benzene ring substituents is 1. The lowest BCUT2D eigenvalue weighted by Crippen LogP contribution is -2.45. The van der Waals surface area contributed by atoms with Crippen LogP contribution in [0.3, 0.4) is 0 Å². The van der Waals surface area contributed by atoms with E-state index in [1.54, 1.807) is 6.08 Å². The van der Waals surface area contributed by atoms with Gasteiger partial charge in [0.15, 0.2) is 0 Å². The van der Waals surface area contributed by atoms with E-state index >= 15 is 0 Å². The maximum Gasteiger partial charge on any atom is 0.327 e. The summed E-state index contributed by atoms with van der Waals surface area (Å²) in [5, 5.41) is 28.6. The lowest BCUT2D eigenvalue weighted by molar-refractivity contribution is -0.384. The summed E-state index contributed by atoms with van der Waals surface area (Å²) in [5.74, 6) is -3.51. The predicted molar refractivity (Wildman–Crippen MR) is 101 cm³/mol. The van der Waals surface area contributed by atoms with Crippen LogP contribution in [-0.2, 0) is 14.4 Å². The van der Waals surface area contributed by atoms with Gasteiger partial charge in [0.25, 0.3) is 11.6 Å². The first-order valence-corrected chi connectivity index (χ1v) is 8.56. The normalized spacial score (nSPS) is 16.9. The number of carbonyl (C=O) groups is 3. The maximum absolute atomic E-state index is 12.4. The molecule has 2 rings (SSSR count). The Morgan fingerprint density at radius 2 is 1.93 bits per heavy atom. The summed E-state index contributed by atoms with van der Waals surface area (Å²) >= 11 is 5.88. The highest BCUT2D eigenvalue weighted by Gasteiger charge is 2.41. The monoisotopic (exact) mass is 408 g/mol. The number of hydrogen-bond donors (Lipinski definition) is 2. The van der Waals surface area contributed by atoms with E-state index in [0.29, 0.717) is 5.56 Å². The molecule has 27 heavy (non-hydrogen) atoms. The van der Waals surface area contributed by atoms with Crippen molar-refractivity contribution in [2.24, 2.45) is 0 Å². The summed E-state index contributed by atoms with van der Waals surface area (Å²) < 4.78 is -0.0383. The van der Waals surface area contributed by atoms with Gasteiger partial charge in [-0.05, 0) is 23.8 Å². The van der Waals surface area contributed by atoms with Crippen molar-refractivity contribution >= 4 is 57.9 Å². The number of carboxylic acid groups (broad SMARTS) is 2. The second-order valence-electron chi connectivity index (χ2n) is 5.23. The Labute approximate surface area is 162 Å². The molecule has 0 radical (unpaired) electrons.